The van der Waals surface area contributed by atoms with E-state index in [-0.39, 0.29) is 6.03 Å². The van der Waals surface area contributed by atoms with Crippen molar-refractivity contribution in [3.8, 4) is 0 Å². The molecule has 1 saturated carbocycles. The lowest BCUT2D eigenvalue weighted by molar-refractivity contribution is 0.159. The van der Waals surface area contributed by atoms with Gasteiger partial charge in [-0.3, -0.25) is 4.90 Å². The number of amides is 2. The molecule has 1 aromatic carbocycles. The Morgan fingerprint density at radius 2 is 1.93 bits per heavy atom. The number of anilines is 1. The van der Waals surface area contributed by atoms with Crippen LogP contribution in [0.15, 0.2) is 18.2 Å². The first-order valence-corrected chi connectivity index (χ1v) is 10.7. The van der Waals surface area contributed by atoms with Gasteiger partial charge in [0.1, 0.15) is 0 Å². The molecule has 2 aliphatic rings. The number of piperazine rings is 1. The summed E-state index contributed by atoms with van der Waals surface area (Å²) in [6.45, 7) is 7.93. The number of rotatable bonds is 6. The van der Waals surface area contributed by atoms with E-state index < -0.39 is 0 Å². The highest BCUT2D eigenvalue weighted by molar-refractivity contribution is 6.43. The Hall–Kier alpha value is -1.17. The molecular weight excluding hydrogens is 383 g/mol. The van der Waals surface area contributed by atoms with Crippen molar-refractivity contribution >= 4 is 34.9 Å². The minimum Gasteiger partial charge on any atom is -0.368 e. The van der Waals surface area contributed by atoms with Crippen molar-refractivity contribution in [3.05, 3.63) is 28.2 Å². The topological polar surface area (TPSA) is 38.8 Å². The molecule has 1 aliphatic carbocycles. The van der Waals surface area contributed by atoms with Crippen molar-refractivity contribution in [2.45, 2.75) is 32.2 Å². The summed E-state index contributed by atoms with van der Waals surface area (Å²) >= 11 is 12.5. The first kappa shape index (κ1) is 20.6. The molecule has 0 unspecified atom stereocenters. The van der Waals surface area contributed by atoms with Gasteiger partial charge in [0.05, 0.1) is 15.7 Å². The molecule has 1 aliphatic heterocycles. The third kappa shape index (κ3) is 5.21. The molecule has 150 valence electrons. The molecule has 3 rings (SSSR count). The maximum absolute atomic E-state index is 11.9. The molecule has 0 atom stereocenters. The van der Waals surface area contributed by atoms with E-state index in [4.69, 9.17) is 23.2 Å². The molecule has 0 spiro atoms. The second-order valence-electron chi connectivity index (χ2n) is 7.69. The molecule has 0 radical (unpaired) electrons. The van der Waals surface area contributed by atoms with Crippen LogP contribution in [0, 0.1) is 5.92 Å². The van der Waals surface area contributed by atoms with E-state index in [0.717, 1.165) is 63.7 Å². The molecule has 1 aromatic rings. The second kappa shape index (κ2) is 9.35. The van der Waals surface area contributed by atoms with Gasteiger partial charge in [-0.05, 0) is 50.8 Å². The zero-order valence-corrected chi connectivity index (χ0v) is 17.8. The summed E-state index contributed by atoms with van der Waals surface area (Å²) in [4.78, 5) is 18.4. The van der Waals surface area contributed by atoms with Crippen LogP contribution in [0.25, 0.3) is 0 Å². The zero-order valence-electron chi connectivity index (χ0n) is 16.3. The molecular formula is C20H30Cl2N4O. The maximum Gasteiger partial charge on any atom is 0.317 e. The van der Waals surface area contributed by atoms with Crippen molar-refractivity contribution in [1.82, 2.24) is 15.1 Å². The number of urea groups is 1. The van der Waals surface area contributed by atoms with Crippen LogP contribution >= 0.6 is 23.2 Å². The SMILES string of the molecule is CCN(C)C(=O)N[C@H]1C[C@@H](CCN2CCN(c3cccc(Cl)c3Cl)CC2)C1. The Morgan fingerprint density at radius 1 is 1.22 bits per heavy atom. The summed E-state index contributed by atoms with van der Waals surface area (Å²) in [5.41, 5.74) is 1.04. The summed E-state index contributed by atoms with van der Waals surface area (Å²) in [5, 5.41) is 4.39. The van der Waals surface area contributed by atoms with Crippen LogP contribution in [0.4, 0.5) is 10.5 Å². The van der Waals surface area contributed by atoms with Crippen LogP contribution in [0.5, 0.6) is 0 Å². The molecule has 0 bridgehead atoms. The van der Waals surface area contributed by atoms with Crippen molar-refractivity contribution < 1.29 is 4.79 Å². The number of carbonyl (C=O) groups excluding carboxylic acids is 1. The summed E-state index contributed by atoms with van der Waals surface area (Å²) < 4.78 is 0. The number of hydrogen-bond donors (Lipinski definition) is 1. The number of halogens is 2. The van der Waals surface area contributed by atoms with Gasteiger partial charge in [-0.15, -0.1) is 0 Å². The summed E-state index contributed by atoms with van der Waals surface area (Å²) in [7, 11) is 1.84. The van der Waals surface area contributed by atoms with Gasteiger partial charge in [0, 0.05) is 45.8 Å². The molecule has 5 nitrogen and oxygen atoms in total. The van der Waals surface area contributed by atoms with E-state index in [9.17, 15) is 4.79 Å². The lowest BCUT2D eigenvalue weighted by Gasteiger charge is -2.40. The number of hydrogen-bond acceptors (Lipinski definition) is 3. The van der Waals surface area contributed by atoms with Crippen LogP contribution in [0.1, 0.15) is 26.2 Å². The lowest BCUT2D eigenvalue weighted by atomic mass is 9.78. The molecule has 27 heavy (non-hydrogen) atoms. The predicted octanol–water partition coefficient (Wildman–Crippen LogP) is 3.95. The van der Waals surface area contributed by atoms with Crippen molar-refractivity contribution in [3.63, 3.8) is 0 Å². The fourth-order valence-electron chi connectivity index (χ4n) is 3.83. The molecule has 0 aromatic heterocycles. The van der Waals surface area contributed by atoms with Crippen LogP contribution in [-0.2, 0) is 0 Å². The van der Waals surface area contributed by atoms with Gasteiger partial charge in [-0.2, -0.15) is 0 Å². The van der Waals surface area contributed by atoms with Gasteiger partial charge in [0.25, 0.3) is 0 Å². The third-order valence-electron chi connectivity index (χ3n) is 5.88. The van der Waals surface area contributed by atoms with Gasteiger partial charge in [0.15, 0.2) is 0 Å². The van der Waals surface area contributed by atoms with Crippen molar-refractivity contribution in [2.75, 3.05) is 51.2 Å². The minimum absolute atomic E-state index is 0.0525. The molecule has 7 heteroatoms. The molecule has 1 saturated heterocycles. The van der Waals surface area contributed by atoms with E-state index >= 15 is 0 Å². The Morgan fingerprint density at radius 3 is 2.59 bits per heavy atom. The number of benzene rings is 1. The first-order chi connectivity index (χ1) is 13.0. The van der Waals surface area contributed by atoms with E-state index in [2.05, 4.69) is 15.1 Å². The van der Waals surface area contributed by atoms with E-state index in [1.54, 1.807) is 4.90 Å². The highest BCUT2D eigenvalue weighted by Crippen LogP contribution is 2.33. The van der Waals surface area contributed by atoms with E-state index in [1.807, 2.05) is 32.2 Å². The van der Waals surface area contributed by atoms with E-state index in [1.165, 1.54) is 6.42 Å². The lowest BCUT2D eigenvalue weighted by Crippen LogP contribution is -2.50. The largest absolute Gasteiger partial charge is 0.368 e. The van der Waals surface area contributed by atoms with Gasteiger partial charge >= 0.3 is 6.03 Å². The monoisotopic (exact) mass is 412 g/mol. The quantitative estimate of drug-likeness (QED) is 0.768. The van der Waals surface area contributed by atoms with Crippen LogP contribution in [-0.4, -0.2) is 68.2 Å². The van der Waals surface area contributed by atoms with Gasteiger partial charge in [-0.1, -0.05) is 29.3 Å². The molecule has 1 heterocycles. The standard InChI is InChI=1S/C20H30Cl2N4O/c1-3-24(2)20(27)23-16-13-15(14-16)7-8-25-9-11-26(12-10-25)18-6-4-5-17(21)19(18)22/h4-6,15-16H,3,7-14H2,1-2H3,(H,23,27)/t15-,16+. The van der Waals surface area contributed by atoms with Crippen LogP contribution in [0.2, 0.25) is 10.0 Å². The smallest absolute Gasteiger partial charge is 0.317 e. The highest BCUT2D eigenvalue weighted by atomic mass is 35.5. The summed E-state index contributed by atoms with van der Waals surface area (Å²) in [6.07, 6.45) is 3.44. The predicted molar refractivity (Wildman–Crippen MR) is 113 cm³/mol. The average molecular weight is 413 g/mol. The maximum atomic E-state index is 11.9. The van der Waals surface area contributed by atoms with Crippen molar-refractivity contribution in [1.29, 1.82) is 0 Å². The fraction of sp³-hybridized carbons (Fsp3) is 0.650. The third-order valence-corrected chi connectivity index (χ3v) is 6.69. The Balaban J connectivity index is 1.34. The Labute approximate surface area is 172 Å². The Kier molecular flexibility index (Phi) is 7.12. The second-order valence-corrected chi connectivity index (χ2v) is 8.47. The van der Waals surface area contributed by atoms with Crippen LogP contribution < -0.4 is 10.2 Å². The van der Waals surface area contributed by atoms with E-state index in [0.29, 0.717) is 16.1 Å². The van der Waals surface area contributed by atoms with Gasteiger partial charge < -0.3 is 15.1 Å². The van der Waals surface area contributed by atoms with Gasteiger partial charge in [0.2, 0.25) is 0 Å². The Bertz CT molecular complexity index is 643. The van der Waals surface area contributed by atoms with Gasteiger partial charge in [-0.25, -0.2) is 4.79 Å². The summed E-state index contributed by atoms with van der Waals surface area (Å²) in [6, 6.07) is 6.25. The normalized spacial score (nSPS) is 23.0. The first-order valence-electron chi connectivity index (χ1n) is 9.90. The average Bonchev–Trinajstić information content (AvgIpc) is 2.65. The fourth-order valence-corrected chi connectivity index (χ4v) is 4.25. The van der Waals surface area contributed by atoms with Crippen LogP contribution in [0.3, 0.4) is 0 Å². The molecule has 1 N–H and O–H groups in total. The summed E-state index contributed by atoms with van der Waals surface area (Å²) in [5.74, 6) is 0.739. The minimum atomic E-state index is 0.0525. The highest BCUT2D eigenvalue weighted by Gasteiger charge is 2.31. The molecule has 2 amide bonds. The number of nitrogens with one attached hydrogen (secondary N) is 1. The van der Waals surface area contributed by atoms with Crippen molar-refractivity contribution in [2.24, 2.45) is 5.92 Å². The number of carbonyl (C=O) groups is 1. The molecule has 2 fully saturated rings. The number of nitrogens with zero attached hydrogens (tertiary/aromatic N) is 3. The zero-order chi connectivity index (χ0) is 19.4.